The van der Waals surface area contributed by atoms with E-state index in [1.807, 2.05) is 0 Å². The van der Waals surface area contributed by atoms with E-state index in [0.29, 0.717) is 0 Å². The van der Waals surface area contributed by atoms with Gasteiger partial charge in [-0.1, -0.05) is 29.8 Å². The molecule has 0 atom stereocenters. The Morgan fingerprint density at radius 3 is 2.91 bits per heavy atom. The summed E-state index contributed by atoms with van der Waals surface area (Å²) in [6.45, 7) is 5.67. The Kier molecular flexibility index (Phi) is 4.18. The Balaban J connectivity index is 1.49. The monoisotopic (exact) mass is 327 g/mol. The van der Waals surface area contributed by atoms with Gasteiger partial charge in [0.25, 0.3) is 0 Å². The summed E-state index contributed by atoms with van der Waals surface area (Å²) in [5, 5.41) is 10.6. The van der Waals surface area contributed by atoms with E-state index >= 15 is 0 Å². The smallest absolute Gasteiger partial charge is 0.211 e. The van der Waals surface area contributed by atoms with Gasteiger partial charge < -0.3 is 9.88 Å². The van der Waals surface area contributed by atoms with Crippen LogP contribution in [0, 0.1) is 6.92 Å². The largest absolute Gasteiger partial charge is 0.338 e. The molecule has 0 bridgehead atoms. The van der Waals surface area contributed by atoms with Gasteiger partial charge in [0.2, 0.25) is 5.16 Å². The predicted octanol–water partition coefficient (Wildman–Crippen LogP) is 3.39. The second-order valence-corrected chi connectivity index (χ2v) is 7.28. The maximum atomic E-state index is 4.64. The molecule has 1 N–H and O–H groups in total. The van der Waals surface area contributed by atoms with Crippen molar-refractivity contribution in [2.45, 2.75) is 31.3 Å². The molecule has 1 saturated heterocycles. The zero-order chi connectivity index (χ0) is 15.6. The fraction of sp³-hybridized carbons (Fsp3) is 0.471. The molecule has 0 aliphatic carbocycles. The second kappa shape index (κ2) is 6.45. The van der Waals surface area contributed by atoms with Crippen LogP contribution in [-0.4, -0.2) is 50.5 Å². The predicted molar refractivity (Wildman–Crippen MR) is 94.9 cm³/mol. The summed E-state index contributed by atoms with van der Waals surface area (Å²) in [4.78, 5) is 10.5. The fourth-order valence-electron chi connectivity index (χ4n) is 3.18. The number of piperidine rings is 1. The third-order valence-corrected chi connectivity index (χ3v) is 5.26. The van der Waals surface area contributed by atoms with E-state index < -0.39 is 0 Å². The quantitative estimate of drug-likeness (QED) is 0.744. The SMILES string of the molecule is Cc1ccc2[nH]c3nc(SCCN4CCCCC4)nnc3c2c1. The van der Waals surface area contributed by atoms with E-state index in [1.54, 1.807) is 11.8 Å². The molecular formula is C17H21N5S. The van der Waals surface area contributed by atoms with Crippen LogP contribution in [0.15, 0.2) is 23.4 Å². The standard InChI is InChI=1S/C17H21N5S/c1-12-5-6-14-13(11-12)15-16(18-14)19-17(21-20-15)23-10-9-22-7-3-2-4-8-22/h5-6,11H,2-4,7-10H2,1H3,(H,18,19,21). The second-order valence-electron chi connectivity index (χ2n) is 6.22. The van der Waals surface area contributed by atoms with Crippen LogP contribution in [-0.2, 0) is 0 Å². The maximum absolute atomic E-state index is 4.64. The molecule has 1 aromatic carbocycles. The number of hydrogen-bond donors (Lipinski definition) is 1. The van der Waals surface area contributed by atoms with E-state index in [-0.39, 0.29) is 0 Å². The molecule has 6 heteroatoms. The van der Waals surface area contributed by atoms with Crippen LogP contribution in [0.5, 0.6) is 0 Å². The van der Waals surface area contributed by atoms with Gasteiger partial charge in [-0.3, -0.25) is 0 Å². The molecule has 3 heterocycles. The molecule has 23 heavy (non-hydrogen) atoms. The van der Waals surface area contributed by atoms with Crippen LogP contribution in [0.3, 0.4) is 0 Å². The van der Waals surface area contributed by atoms with Crippen molar-refractivity contribution in [3.8, 4) is 0 Å². The molecule has 0 radical (unpaired) electrons. The zero-order valence-corrected chi connectivity index (χ0v) is 14.2. The number of aryl methyl sites for hydroxylation is 1. The van der Waals surface area contributed by atoms with Gasteiger partial charge in [0.05, 0.1) is 0 Å². The summed E-state index contributed by atoms with van der Waals surface area (Å²) in [7, 11) is 0. The molecule has 2 aromatic heterocycles. The third kappa shape index (κ3) is 3.19. The molecule has 0 amide bonds. The van der Waals surface area contributed by atoms with Crippen LogP contribution < -0.4 is 0 Å². The van der Waals surface area contributed by atoms with Gasteiger partial charge >= 0.3 is 0 Å². The van der Waals surface area contributed by atoms with Crippen molar-refractivity contribution in [3.05, 3.63) is 23.8 Å². The van der Waals surface area contributed by atoms with Crippen LogP contribution >= 0.6 is 11.8 Å². The van der Waals surface area contributed by atoms with Crippen LogP contribution in [0.1, 0.15) is 24.8 Å². The first-order valence-electron chi connectivity index (χ1n) is 8.27. The number of H-pyrrole nitrogens is 1. The number of fused-ring (bicyclic) bond motifs is 3. The molecule has 1 aliphatic rings. The maximum Gasteiger partial charge on any atom is 0.211 e. The average molecular weight is 327 g/mol. The van der Waals surface area contributed by atoms with Gasteiger partial charge in [0, 0.05) is 23.2 Å². The molecule has 1 aliphatic heterocycles. The van der Waals surface area contributed by atoms with Gasteiger partial charge in [0.1, 0.15) is 5.52 Å². The molecular weight excluding hydrogens is 306 g/mol. The minimum atomic E-state index is 0.762. The zero-order valence-electron chi connectivity index (χ0n) is 13.4. The summed E-state index contributed by atoms with van der Waals surface area (Å²) in [5.41, 5.74) is 3.99. The van der Waals surface area contributed by atoms with E-state index in [0.717, 1.165) is 39.5 Å². The van der Waals surface area contributed by atoms with Crippen LogP contribution in [0.4, 0.5) is 0 Å². The highest BCUT2D eigenvalue weighted by molar-refractivity contribution is 7.99. The molecule has 0 saturated carbocycles. The molecule has 4 rings (SSSR count). The first kappa shape index (κ1) is 14.9. The van der Waals surface area contributed by atoms with Crippen molar-refractivity contribution >= 4 is 33.8 Å². The summed E-state index contributed by atoms with van der Waals surface area (Å²) < 4.78 is 0. The summed E-state index contributed by atoms with van der Waals surface area (Å²) in [6, 6.07) is 6.31. The molecule has 1 fully saturated rings. The van der Waals surface area contributed by atoms with Crippen LogP contribution in [0.2, 0.25) is 0 Å². The number of aromatic nitrogens is 4. The number of likely N-dealkylation sites (tertiary alicyclic amines) is 1. The highest BCUT2D eigenvalue weighted by Crippen LogP contribution is 2.24. The lowest BCUT2D eigenvalue weighted by Gasteiger charge is -2.25. The van der Waals surface area contributed by atoms with Crippen molar-refractivity contribution in [3.63, 3.8) is 0 Å². The van der Waals surface area contributed by atoms with Gasteiger partial charge in [-0.05, 0) is 45.0 Å². The molecule has 0 spiro atoms. The average Bonchev–Trinajstić information content (AvgIpc) is 2.93. The lowest BCUT2D eigenvalue weighted by Crippen LogP contribution is -2.31. The number of rotatable bonds is 4. The van der Waals surface area contributed by atoms with Crippen molar-refractivity contribution in [1.82, 2.24) is 25.1 Å². The lowest BCUT2D eigenvalue weighted by molar-refractivity contribution is 0.242. The molecule has 3 aromatic rings. The van der Waals surface area contributed by atoms with Crippen molar-refractivity contribution in [1.29, 1.82) is 0 Å². The van der Waals surface area contributed by atoms with E-state index in [4.69, 9.17) is 0 Å². The fourth-order valence-corrected chi connectivity index (χ4v) is 3.97. The first-order chi connectivity index (χ1) is 11.3. The van der Waals surface area contributed by atoms with Crippen LogP contribution in [0.25, 0.3) is 22.1 Å². The van der Waals surface area contributed by atoms with E-state index in [1.165, 1.54) is 37.9 Å². The Labute approximate surface area is 139 Å². The van der Waals surface area contributed by atoms with E-state index in [2.05, 4.69) is 50.2 Å². The number of thioether (sulfide) groups is 1. The van der Waals surface area contributed by atoms with E-state index in [9.17, 15) is 0 Å². The highest BCUT2D eigenvalue weighted by Gasteiger charge is 2.12. The van der Waals surface area contributed by atoms with Gasteiger partial charge in [0.15, 0.2) is 5.65 Å². The Morgan fingerprint density at radius 2 is 2.04 bits per heavy atom. The molecule has 120 valence electrons. The highest BCUT2D eigenvalue weighted by atomic mass is 32.2. The summed E-state index contributed by atoms with van der Waals surface area (Å²) in [5.74, 6) is 1.02. The Morgan fingerprint density at radius 1 is 1.17 bits per heavy atom. The normalized spacial score (nSPS) is 16.4. The molecule has 5 nitrogen and oxygen atoms in total. The van der Waals surface area contributed by atoms with Gasteiger partial charge in [-0.15, -0.1) is 10.2 Å². The summed E-state index contributed by atoms with van der Waals surface area (Å²) >= 11 is 1.70. The Bertz CT molecular complexity index is 822. The third-order valence-electron chi connectivity index (χ3n) is 4.44. The van der Waals surface area contributed by atoms with Gasteiger partial charge in [-0.25, -0.2) is 4.98 Å². The minimum Gasteiger partial charge on any atom is -0.338 e. The number of aromatic amines is 1. The lowest BCUT2D eigenvalue weighted by atomic mass is 10.1. The Hall–Kier alpha value is -1.66. The van der Waals surface area contributed by atoms with Crippen molar-refractivity contribution < 1.29 is 0 Å². The first-order valence-corrected chi connectivity index (χ1v) is 9.26. The topological polar surface area (TPSA) is 57.7 Å². The van der Waals surface area contributed by atoms with Crippen molar-refractivity contribution in [2.75, 3.05) is 25.4 Å². The number of nitrogens with zero attached hydrogens (tertiary/aromatic N) is 4. The summed E-state index contributed by atoms with van der Waals surface area (Å²) in [6.07, 6.45) is 4.06. The number of nitrogens with one attached hydrogen (secondary N) is 1. The number of benzene rings is 1. The molecule has 0 unspecified atom stereocenters. The minimum absolute atomic E-state index is 0.762. The van der Waals surface area contributed by atoms with Crippen molar-refractivity contribution in [2.24, 2.45) is 0 Å². The number of hydrogen-bond acceptors (Lipinski definition) is 5. The van der Waals surface area contributed by atoms with Gasteiger partial charge in [-0.2, -0.15) is 0 Å².